The van der Waals surface area contributed by atoms with Crippen LogP contribution in [0.25, 0.3) is 11.0 Å². The van der Waals surface area contributed by atoms with Crippen LogP contribution in [-0.4, -0.2) is 14.7 Å². The maximum Gasteiger partial charge on any atom is 0.326 e. The van der Waals surface area contributed by atoms with Gasteiger partial charge in [-0.1, -0.05) is 23.7 Å². The van der Waals surface area contributed by atoms with Crippen LogP contribution < -0.4 is 5.69 Å². The zero-order valence-electron chi connectivity index (χ0n) is 9.93. The SMILES string of the molecule is O=c1[nH]c2cc(Cl)ccc2n1Cc1ccc(O)cc1. The Kier molecular flexibility index (Phi) is 2.80. The van der Waals surface area contributed by atoms with E-state index < -0.39 is 0 Å². The fourth-order valence-corrected chi connectivity index (χ4v) is 2.25. The van der Waals surface area contributed by atoms with Crippen molar-refractivity contribution < 1.29 is 5.11 Å². The Morgan fingerprint density at radius 3 is 2.63 bits per heavy atom. The summed E-state index contributed by atoms with van der Waals surface area (Å²) in [6, 6.07) is 12.1. The fraction of sp³-hybridized carbons (Fsp3) is 0.0714. The molecule has 0 aliphatic rings. The number of aromatic hydroxyl groups is 1. The van der Waals surface area contributed by atoms with Crippen LogP contribution >= 0.6 is 11.6 Å². The summed E-state index contributed by atoms with van der Waals surface area (Å²) in [5, 5.41) is 9.84. The molecule has 0 aliphatic heterocycles. The molecule has 0 saturated carbocycles. The normalized spacial score (nSPS) is 11.0. The highest BCUT2D eigenvalue weighted by molar-refractivity contribution is 6.31. The zero-order chi connectivity index (χ0) is 13.4. The topological polar surface area (TPSA) is 58.0 Å². The van der Waals surface area contributed by atoms with Crippen molar-refractivity contribution in [1.29, 1.82) is 0 Å². The lowest BCUT2D eigenvalue weighted by atomic mass is 10.2. The number of halogens is 1. The molecule has 4 nitrogen and oxygen atoms in total. The standard InChI is InChI=1S/C14H11ClN2O2/c15-10-3-6-13-12(7-10)16-14(19)17(13)8-9-1-4-11(18)5-2-9/h1-7,18H,8H2,(H,16,19). The minimum absolute atomic E-state index is 0.176. The van der Waals surface area contributed by atoms with Crippen molar-refractivity contribution >= 4 is 22.6 Å². The molecule has 1 heterocycles. The first kappa shape index (κ1) is 11.9. The molecule has 0 saturated heterocycles. The van der Waals surface area contributed by atoms with Gasteiger partial charge in [-0.3, -0.25) is 4.57 Å². The third-order valence-electron chi connectivity index (χ3n) is 3.01. The lowest BCUT2D eigenvalue weighted by Gasteiger charge is -2.04. The monoisotopic (exact) mass is 274 g/mol. The Bertz CT molecular complexity index is 787. The largest absolute Gasteiger partial charge is 0.508 e. The molecule has 0 aliphatic carbocycles. The molecule has 2 aromatic carbocycles. The molecule has 96 valence electrons. The number of nitrogens with one attached hydrogen (secondary N) is 1. The first-order valence-electron chi connectivity index (χ1n) is 5.79. The average molecular weight is 275 g/mol. The third kappa shape index (κ3) is 2.22. The number of hydrogen-bond donors (Lipinski definition) is 2. The molecule has 0 atom stereocenters. The van der Waals surface area contributed by atoms with E-state index in [1.54, 1.807) is 41.0 Å². The lowest BCUT2D eigenvalue weighted by molar-refractivity contribution is 0.475. The summed E-state index contributed by atoms with van der Waals surface area (Å²) in [7, 11) is 0. The summed E-state index contributed by atoms with van der Waals surface area (Å²) in [5.74, 6) is 0.210. The minimum Gasteiger partial charge on any atom is -0.508 e. The molecule has 19 heavy (non-hydrogen) atoms. The molecule has 1 aromatic heterocycles. The van der Waals surface area contributed by atoms with Crippen molar-refractivity contribution in [1.82, 2.24) is 9.55 Å². The second-order valence-electron chi connectivity index (χ2n) is 4.34. The summed E-state index contributed by atoms with van der Waals surface area (Å²) in [4.78, 5) is 14.7. The quantitative estimate of drug-likeness (QED) is 0.755. The van der Waals surface area contributed by atoms with Crippen LogP contribution in [0.5, 0.6) is 5.75 Å². The van der Waals surface area contributed by atoms with Crippen LogP contribution in [0.3, 0.4) is 0 Å². The van der Waals surface area contributed by atoms with Gasteiger partial charge in [-0.05, 0) is 35.9 Å². The van der Waals surface area contributed by atoms with Crippen molar-refractivity contribution in [3.05, 3.63) is 63.5 Å². The van der Waals surface area contributed by atoms with Gasteiger partial charge in [0.2, 0.25) is 0 Å². The molecular weight excluding hydrogens is 264 g/mol. The number of phenols is 1. The Morgan fingerprint density at radius 1 is 1.16 bits per heavy atom. The van der Waals surface area contributed by atoms with Gasteiger partial charge in [0.05, 0.1) is 17.6 Å². The van der Waals surface area contributed by atoms with E-state index in [-0.39, 0.29) is 11.4 Å². The number of aromatic nitrogens is 2. The second-order valence-corrected chi connectivity index (χ2v) is 4.78. The Hall–Kier alpha value is -2.20. The second kappa shape index (κ2) is 4.48. The number of aromatic amines is 1. The maximum absolute atomic E-state index is 11.9. The van der Waals surface area contributed by atoms with Gasteiger partial charge in [0.1, 0.15) is 5.75 Å². The van der Waals surface area contributed by atoms with Gasteiger partial charge in [0.25, 0.3) is 0 Å². The van der Waals surface area contributed by atoms with Gasteiger partial charge in [-0.15, -0.1) is 0 Å². The van der Waals surface area contributed by atoms with E-state index in [1.807, 2.05) is 6.07 Å². The van der Waals surface area contributed by atoms with Crippen LogP contribution in [0.2, 0.25) is 5.02 Å². The van der Waals surface area contributed by atoms with Crippen molar-refractivity contribution in [2.24, 2.45) is 0 Å². The maximum atomic E-state index is 11.9. The molecule has 0 radical (unpaired) electrons. The van der Waals surface area contributed by atoms with E-state index in [2.05, 4.69) is 4.98 Å². The average Bonchev–Trinajstić information content (AvgIpc) is 2.68. The van der Waals surface area contributed by atoms with Crippen LogP contribution in [-0.2, 0) is 6.54 Å². The van der Waals surface area contributed by atoms with Gasteiger partial charge >= 0.3 is 5.69 Å². The van der Waals surface area contributed by atoms with Crippen LogP contribution in [0.4, 0.5) is 0 Å². The summed E-state index contributed by atoms with van der Waals surface area (Å²) < 4.78 is 1.64. The van der Waals surface area contributed by atoms with Gasteiger partial charge in [0.15, 0.2) is 0 Å². The Labute approximate surface area is 113 Å². The zero-order valence-corrected chi connectivity index (χ0v) is 10.7. The summed E-state index contributed by atoms with van der Waals surface area (Å²) in [5.41, 5.74) is 2.29. The number of nitrogens with zero attached hydrogens (tertiary/aromatic N) is 1. The molecule has 0 amide bonds. The van der Waals surface area contributed by atoms with E-state index in [0.717, 1.165) is 16.6 Å². The smallest absolute Gasteiger partial charge is 0.326 e. The lowest BCUT2D eigenvalue weighted by Crippen LogP contribution is -2.17. The van der Waals surface area contributed by atoms with Crippen molar-refractivity contribution in [3.63, 3.8) is 0 Å². The van der Waals surface area contributed by atoms with Gasteiger partial charge in [0, 0.05) is 5.02 Å². The molecule has 5 heteroatoms. The predicted octanol–water partition coefficient (Wildman–Crippen LogP) is 2.74. The molecule has 0 fully saturated rings. The molecule has 3 rings (SSSR count). The number of imidazole rings is 1. The van der Waals surface area contributed by atoms with Crippen molar-refractivity contribution in [3.8, 4) is 5.75 Å². The molecule has 0 spiro atoms. The number of hydrogen-bond acceptors (Lipinski definition) is 2. The van der Waals surface area contributed by atoms with E-state index in [4.69, 9.17) is 11.6 Å². The summed E-state index contributed by atoms with van der Waals surface area (Å²) in [6.07, 6.45) is 0. The van der Waals surface area contributed by atoms with Gasteiger partial charge in [-0.25, -0.2) is 4.79 Å². The van der Waals surface area contributed by atoms with Gasteiger partial charge < -0.3 is 10.1 Å². The first-order valence-corrected chi connectivity index (χ1v) is 6.17. The summed E-state index contributed by atoms with van der Waals surface area (Å²) >= 11 is 5.90. The van der Waals surface area contributed by atoms with Crippen LogP contribution in [0.15, 0.2) is 47.3 Å². The number of rotatable bonds is 2. The molecular formula is C14H11ClN2O2. The molecule has 0 unspecified atom stereocenters. The van der Waals surface area contributed by atoms with E-state index >= 15 is 0 Å². The fourth-order valence-electron chi connectivity index (χ4n) is 2.08. The highest BCUT2D eigenvalue weighted by Crippen LogP contribution is 2.18. The molecule has 3 aromatic rings. The number of H-pyrrole nitrogens is 1. The number of phenolic OH excluding ortho intramolecular Hbond substituents is 1. The molecule has 2 N–H and O–H groups in total. The number of benzene rings is 2. The minimum atomic E-state index is -0.176. The van der Waals surface area contributed by atoms with E-state index in [1.165, 1.54) is 0 Å². The molecule has 0 bridgehead atoms. The Balaban J connectivity index is 2.07. The van der Waals surface area contributed by atoms with E-state index in [0.29, 0.717) is 11.6 Å². The van der Waals surface area contributed by atoms with Crippen LogP contribution in [0.1, 0.15) is 5.56 Å². The van der Waals surface area contributed by atoms with Crippen molar-refractivity contribution in [2.45, 2.75) is 6.54 Å². The number of fused-ring (bicyclic) bond motifs is 1. The van der Waals surface area contributed by atoms with E-state index in [9.17, 15) is 9.90 Å². The highest BCUT2D eigenvalue weighted by atomic mass is 35.5. The van der Waals surface area contributed by atoms with Crippen LogP contribution in [0, 0.1) is 0 Å². The Morgan fingerprint density at radius 2 is 1.89 bits per heavy atom. The first-order chi connectivity index (χ1) is 9.13. The summed E-state index contributed by atoms with van der Waals surface area (Å²) in [6.45, 7) is 0.445. The predicted molar refractivity (Wildman–Crippen MR) is 74.8 cm³/mol. The highest BCUT2D eigenvalue weighted by Gasteiger charge is 2.07. The third-order valence-corrected chi connectivity index (χ3v) is 3.25. The van der Waals surface area contributed by atoms with Crippen molar-refractivity contribution in [2.75, 3.05) is 0 Å². The van der Waals surface area contributed by atoms with Gasteiger partial charge in [-0.2, -0.15) is 0 Å².